The zero-order valence-corrected chi connectivity index (χ0v) is 15.1. The zero-order chi connectivity index (χ0) is 18.3. The second kappa shape index (κ2) is 6.48. The van der Waals surface area contributed by atoms with E-state index in [4.69, 9.17) is 0 Å². The van der Waals surface area contributed by atoms with Gasteiger partial charge in [-0.1, -0.05) is 26.0 Å². The van der Waals surface area contributed by atoms with Crippen LogP contribution in [0.2, 0.25) is 0 Å². The molecule has 0 spiro atoms. The molecule has 25 heavy (non-hydrogen) atoms. The lowest BCUT2D eigenvalue weighted by molar-refractivity contribution is 0.427. The van der Waals surface area contributed by atoms with Gasteiger partial charge in [-0.3, -0.25) is 13.9 Å². The number of hydrogen-bond acceptors (Lipinski definition) is 4. The van der Waals surface area contributed by atoms with Crippen LogP contribution in [-0.2, 0) is 20.0 Å². The number of nitrogens with zero attached hydrogens (tertiary/aromatic N) is 2. The highest BCUT2D eigenvalue weighted by Gasteiger charge is 2.18. The number of phenolic OH excluding ortho intramolecular Hbond substituents is 1. The van der Waals surface area contributed by atoms with E-state index in [-0.39, 0.29) is 23.6 Å². The SMILES string of the molecule is CC(C)Cn1c(=O)n(C)c(=O)c2c(Cc3cccc(F)c3O)csc21. The molecule has 0 saturated carbocycles. The second-order valence-corrected chi connectivity index (χ2v) is 7.37. The number of thiophene rings is 1. The van der Waals surface area contributed by atoms with Crippen LogP contribution >= 0.6 is 11.3 Å². The molecule has 3 rings (SSSR count). The monoisotopic (exact) mass is 362 g/mol. The largest absolute Gasteiger partial charge is 0.505 e. The Morgan fingerprint density at radius 1 is 1.24 bits per heavy atom. The van der Waals surface area contributed by atoms with Crippen molar-refractivity contribution in [3.05, 3.63) is 61.4 Å². The van der Waals surface area contributed by atoms with Crippen LogP contribution in [0.5, 0.6) is 5.75 Å². The highest BCUT2D eigenvalue weighted by molar-refractivity contribution is 7.17. The number of phenols is 1. The van der Waals surface area contributed by atoms with Crippen molar-refractivity contribution in [2.75, 3.05) is 0 Å². The first-order valence-electron chi connectivity index (χ1n) is 7.97. The van der Waals surface area contributed by atoms with Gasteiger partial charge in [0.25, 0.3) is 5.56 Å². The van der Waals surface area contributed by atoms with Crippen LogP contribution in [0.1, 0.15) is 25.0 Å². The molecule has 2 aromatic heterocycles. The van der Waals surface area contributed by atoms with Gasteiger partial charge in [0.05, 0.1) is 5.39 Å². The summed E-state index contributed by atoms with van der Waals surface area (Å²) < 4.78 is 16.3. The Kier molecular flexibility index (Phi) is 4.51. The van der Waals surface area contributed by atoms with Crippen LogP contribution < -0.4 is 11.2 Å². The van der Waals surface area contributed by atoms with E-state index in [1.165, 1.54) is 30.5 Å². The van der Waals surface area contributed by atoms with Gasteiger partial charge < -0.3 is 5.11 Å². The van der Waals surface area contributed by atoms with Crippen molar-refractivity contribution < 1.29 is 9.50 Å². The molecule has 2 heterocycles. The number of hydrogen-bond donors (Lipinski definition) is 1. The molecule has 1 aromatic carbocycles. The summed E-state index contributed by atoms with van der Waals surface area (Å²) in [6.45, 7) is 4.51. The van der Waals surface area contributed by atoms with Gasteiger partial charge in [-0.25, -0.2) is 9.18 Å². The smallest absolute Gasteiger partial charge is 0.331 e. The molecule has 0 unspecified atom stereocenters. The fourth-order valence-electron chi connectivity index (χ4n) is 2.90. The quantitative estimate of drug-likeness (QED) is 0.776. The number of aromatic hydroxyl groups is 1. The van der Waals surface area contributed by atoms with Crippen molar-refractivity contribution in [3.8, 4) is 5.75 Å². The molecule has 132 valence electrons. The van der Waals surface area contributed by atoms with Crippen molar-refractivity contribution >= 4 is 21.6 Å². The molecule has 0 atom stereocenters. The average molecular weight is 362 g/mol. The van der Waals surface area contributed by atoms with Crippen LogP contribution in [-0.4, -0.2) is 14.2 Å². The van der Waals surface area contributed by atoms with Crippen LogP contribution in [0.15, 0.2) is 33.2 Å². The van der Waals surface area contributed by atoms with E-state index >= 15 is 0 Å². The number of halogens is 1. The van der Waals surface area contributed by atoms with E-state index in [1.54, 1.807) is 16.0 Å². The van der Waals surface area contributed by atoms with Crippen LogP contribution in [0.4, 0.5) is 4.39 Å². The number of para-hydroxylation sites is 1. The Morgan fingerprint density at radius 3 is 2.64 bits per heavy atom. The lowest BCUT2D eigenvalue weighted by Gasteiger charge is -2.12. The Morgan fingerprint density at radius 2 is 1.96 bits per heavy atom. The molecule has 5 nitrogen and oxygen atoms in total. The Bertz CT molecular complexity index is 1060. The molecule has 1 N–H and O–H groups in total. The highest BCUT2D eigenvalue weighted by atomic mass is 32.1. The molecule has 0 bridgehead atoms. The minimum Gasteiger partial charge on any atom is -0.505 e. The summed E-state index contributed by atoms with van der Waals surface area (Å²) in [6, 6.07) is 4.33. The molecule has 0 aliphatic heterocycles. The van der Waals surface area contributed by atoms with Crippen molar-refractivity contribution in [1.29, 1.82) is 0 Å². The standard InChI is InChI=1S/C18H19FN2O3S/c1-10(2)8-21-17-14(16(23)20(3)18(21)24)12(9-25-17)7-11-5-4-6-13(19)15(11)22/h4-6,9-10,22H,7-8H2,1-3H3. The summed E-state index contributed by atoms with van der Waals surface area (Å²) in [5.74, 6) is -0.855. The summed E-state index contributed by atoms with van der Waals surface area (Å²) in [6.07, 6.45) is 0.221. The Hall–Kier alpha value is -2.41. The normalized spacial score (nSPS) is 11.6. The highest BCUT2D eigenvalue weighted by Crippen LogP contribution is 2.29. The predicted octanol–water partition coefficient (Wildman–Crippen LogP) is 2.85. The van der Waals surface area contributed by atoms with E-state index < -0.39 is 11.6 Å². The molecule has 0 aliphatic rings. The molecule has 0 amide bonds. The maximum absolute atomic E-state index is 13.6. The minimum absolute atomic E-state index is 0.221. The number of benzene rings is 1. The third-order valence-electron chi connectivity index (χ3n) is 4.13. The van der Waals surface area contributed by atoms with Gasteiger partial charge in [0, 0.05) is 25.6 Å². The third-order valence-corrected chi connectivity index (χ3v) is 5.18. The molecule has 0 fully saturated rings. The fourth-order valence-corrected chi connectivity index (χ4v) is 3.97. The summed E-state index contributed by atoms with van der Waals surface area (Å²) in [5, 5.41) is 12.2. The Labute approximate surface area is 147 Å². The van der Waals surface area contributed by atoms with Crippen LogP contribution in [0.3, 0.4) is 0 Å². The summed E-state index contributed by atoms with van der Waals surface area (Å²) in [5.41, 5.74) is 0.378. The Balaban J connectivity index is 2.22. The van der Waals surface area contributed by atoms with Crippen molar-refractivity contribution in [1.82, 2.24) is 9.13 Å². The number of aromatic nitrogens is 2. The number of fused-ring (bicyclic) bond motifs is 1. The van der Waals surface area contributed by atoms with Crippen LogP contribution in [0.25, 0.3) is 10.2 Å². The van der Waals surface area contributed by atoms with Gasteiger partial charge in [-0.15, -0.1) is 11.3 Å². The van der Waals surface area contributed by atoms with E-state index in [9.17, 15) is 19.1 Å². The molecule has 0 radical (unpaired) electrons. The van der Waals surface area contributed by atoms with Gasteiger partial charge in [0.1, 0.15) is 4.83 Å². The van der Waals surface area contributed by atoms with Gasteiger partial charge in [0.2, 0.25) is 0 Å². The van der Waals surface area contributed by atoms with Crippen molar-refractivity contribution in [3.63, 3.8) is 0 Å². The van der Waals surface area contributed by atoms with E-state index in [1.807, 2.05) is 13.8 Å². The lowest BCUT2D eigenvalue weighted by atomic mass is 10.0. The summed E-state index contributed by atoms with van der Waals surface area (Å²) in [4.78, 5) is 25.7. The first-order valence-corrected chi connectivity index (χ1v) is 8.85. The van der Waals surface area contributed by atoms with E-state index in [0.29, 0.717) is 27.9 Å². The van der Waals surface area contributed by atoms with E-state index in [0.717, 1.165) is 4.57 Å². The zero-order valence-electron chi connectivity index (χ0n) is 14.2. The first kappa shape index (κ1) is 17.4. The van der Waals surface area contributed by atoms with Gasteiger partial charge >= 0.3 is 5.69 Å². The lowest BCUT2D eigenvalue weighted by Crippen LogP contribution is -2.38. The van der Waals surface area contributed by atoms with Crippen molar-refractivity contribution in [2.45, 2.75) is 26.8 Å². The second-order valence-electron chi connectivity index (χ2n) is 6.52. The van der Waals surface area contributed by atoms with Gasteiger partial charge in [0.15, 0.2) is 11.6 Å². The third kappa shape index (κ3) is 3.00. The van der Waals surface area contributed by atoms with Crippen molar-refractivity contribution in [2.24, 2.45) is 13.0 Å². The molecule has 0 saturated heterocycles. The molecule has 7 heteroatoms. The minimum atomic E-state index is -0.693. The summed E-state index contributed by atoms with van der Waals surface area (Å²) >= 11 is 1.32. The van der Waals surface area contributed by atoms with E-state index in [2.05, 4.69) is 0 Å². The predicted molar refractivity (Wildman–Crippen MR) is 97.0 cm³/mol. The first-order chi connectivity index (χ1) is 11.8. The topological polar surface area (TPSA) is 64.2 Å². The maximum atomic E-state index is 13.6. The number of rotatable bonds is 4. The molecular formula is C18H19FN2O3S. The fraction of sp³-hybridized carbons (Fsp3) is 0.333. The maximum Gasteiger partial charge on any atom is 0.331 e. The van der Waals surface area contributed by atoms with Crippen LogP contribution in [0, 0.1) is 11.7 Å². The molecular weight excluding hydrogens is 343 g/mol. The summed E-state index contributed by atoms with van der Waals surface area (Å²) in [7, 11) is 1.46. The molecule has 0 aliphatic carbocycles. The average Bonchev–Trinajstić information content (AvgIpc) is 2.97. The van der Waals surface area contributed by atoms with Gasteiger partial charge in [-0.2, -0.15) is 0 Å². The van der Waals surface area contributed by atoms with Gasteiger partial charge in [-0.05, 0) is 22.9 Å². The molecule has 3 aromatic rings.